The van der Waals surface area contributed by atoms with E-state index in [4.69, 9.17) is 5.73 Å². The molecule has 0 fully saturated rings. The number of carbonyl (C=O) groups is 1. The monoisotopic (exact) mass is 332 g/mol. The van der Waals surface area contributed by atoms with Crippen molar-refractivity contribution in [3.8, 4) is 0 Å². The van der Waals surface area contributed by atoms with Crippen LogP contribution in [0.15, 0.2) is 29.3 Å². The zero-order valence-corrected chi connectivity index (χ0v) is 15.5. The minimum atomic E-state index is -0.253. The molecule has 4 N–H and O–H groups in total. The molecule has 0 aromatic heterocycles. The van der Waals surface area contributed by atoms with Gasteiger partial charge in [0.1, 0.15) is 0 Å². The number of guanidine groups is 1. The molecule has 1 aromatic rings. The van der Waals surface area contributed by atoms with E-state index < -0.39 is 0 Å². The molecule has 1 aromatic carbocycles. The Hall–Kier alpha value is -2.04. The largest absolute Gasteiger partial charge is 0.370 e. The van der Waals surface area contributed by atoms with E-state index in [1.807, 2.05) is 45.0 Å². The molecule has 0 aliphatic carbocycles. The fourth-order valence-corrected chi connectivity index (χ4v) is 2.22. The average Bonchev–Trinajstić information content (AvgIpc) is 2.51. The molecule has 0 aliphatic rings. The normalized spacial score (nSPS) is 12.1. The molecule has 0 saturated carbocycles. The lowest BCUT2D eigenvalue weighted by molar-refractivity contribution is 0.0919. The molecule has 0 saturated heterocycles. The molecule has 5 heteroatoms. The molecular formula is C19H32N4O. The first-order valence-corrected chi connectivity index (χ1v) is 8.77. The van der Waals surface area contributed by atoms with Crippen molar-refractivity contribution in [1.29, 1.82) is 0 Å². The number of amides is 1. The van der Waals surface area contributed by atoms with Gasteiger partial charge in [0.25, 0.3) is 5.91 Å². The van der Waals surface area contributed by atoms with Crippen LogP contribution in [0.25, 0.3) is 0 Å². The molecule has 0 heterocycles. The molecule has 134 valence electrons. The van der Waals surface area contributed by atoms with Crippen LogP contribution >= 0.6 is 0 Å². The predicted molar refractivity (Wildman–Crippen MR) is 101 cm³/mol. The van der Waals surface area contributed by atoms with Crippen molar-refractivity contribution in [1.82, 2.24) is 10.6 Å². The van der Waals surface area contributed by atoms with Crippen LogP contribution in [0.1, 0.15) is 69.3 Å². The SMILES string of the molecule is CCCCCCNC(N)=NCc1cccc(C(=O)NC(C)(C)C)c1. The Labute approximate surface area is 146 Å². The van der Waals surface area contributed by atoms with Gasteiger partial charge in [-0.1, -0.05) is 38.3 Å². The van der Waals surface area contributed by atoms with Crippen molar-refractivity contribution in [3.63, 3.8) is 0 Å². The van der Waals surface area contributed by atoms with E-state index in [2.05, 4.69) is 22.5 Å². The van der Waals surface area contributed by atoms with Crippen LogP contribution in [-0.4, -0.2) is 24.0 Å². The number of benzene rings is 1. The maximum atomic E-state index is 12.2. The fourth-order valence-electron chi connectivity index (χ4n) is 2.22. The van der Waals surface area contributed by atoms with E-state index in [0.29, 0.717) is 18.1 Å². The first-order chi connectivity index (χ1) is 11.3. The van der Waals surface area contributed by atoms with Crippen LogP contribution in [0.5, 0.6) is 0 Å². The quantitative estimate of drug-likeness (QED) is 0.388. The zero-order valence-electron chi connectivity index (χ0n) is 15.5. The van der Waals surface area contributed by atoms with Gasteiger partial charge in [-0.2, -0.15) is 0 Å². The Morgan fingerprint density at radius 2 is 1.96 bits per heavy atom. The third-order valence-corrected chi connectivity index (χ3v) is 3.45. The second-order valence-corrected chi connectivity index (χ2v) is 7.09. The first-order valence-electron chi connectivity index (χ1n) is 8.77. The third-order valence-electron chi connectivity index (χ3n) is 3.45. The van der Waals surface area contributed by atoms with Gasteiger partial charge in [-0.3, -0.25) is 4.79 Å². The standard InChI is InChI=1S/C19H32N4O/c1-5-6-7-8-12-21-18(20)22-14-15-10-9-11-16(13-15)17(24)23-19(2,3)4/h9-11,13H,5-8,12,14H2,1-4H3,(H,23,24)(H3,20,21,22). The van der Waals surface area contributed by atoms with Gasteiger partial charge in [0, 0.05) is 17.6 Å². The van der Waals surface area contributed by atoms with Crippen molar-refractivity contribution in [2.24, 2.45) is 10.7 Å². The molecule has 0 aliphatic heterocycles. The summed E-state index contributed by atoms with van der Waals surface area (Å²) in [5.41, 5.74) is 7.23. The second-order valence-electron chi connectivity index (χ2n) is 7.09. The number of nitrogens with two attached hydrogens (primary N) is 1. The summed E-state index contributed by atoms with van der Waals surface area (Å²) in [6.45, 7) is 9.40. The number of hydrogen-bond acceptors (Lipinski definition) is 2. The summed E-state index contributed by atoms with van der Waals surface area (Å²) in [7, 11) is 0. The van der Waals surface area contributed by atoms with E-state index in [1.165, 1.54) is 19.3 Å². The highest BCUT2D eigenvalue weighted by atomic mass is 16.1. The van der Waals surface area contributed by atoms with Crippen molar-refractivity contribution in [2.45, 2.75) is 65.5 Å². The Morgan fingerprint density at radius 1 is 1.21 bits per heavy atom. The molecule has 5 nitrogen and oxygen atoms in total. The van der Waals surface area contributed by atoms with Gasteiger partial charge in [-0.15, -0.1) is 0 Å². The number of hydrogen-bond donors (Lipinski definition) is 3. The summed E-state index contributed by atoms with van der Waals surface area (Å²) < 4.78 is 0. The number of carbonyl (C=O) groups excluding carboxylic acids is 1. The molecule has 0 unspecified atom stereocenters. The van der Waals surface area contributed by atoms with Crippen LogP contribution in [0.2, 0.25) is 0 Å². The van der Waals surface area contributed by atoms with Crippen LogP contribution in [-0.2, 0) is 6.54 Å². The van der Waals surface area contributed by atoms with E-state index >= 15 is 0 Å². The Kier molecular flexibility index (Phi) is 8.30. The van der Waals surface area contributed by atoms with E-state index in [1.54, 1.807) is 0 Å². The lowest BCUT2D eigenvalue weighted by Gasteiger charge is -2.20. The minimum absolute atomic E-state index is 0.0737. The van der Waals surface area contributed by atoms with Crippen molar-refractivity contribution in [3.05, 3.63) is 35.4 Å². The summed E-state index contributed by atoms with van der Waals surface area (Å²) in [5, 5.41) is 6.09. The van der Waals surface area contributed by atoms with E-state index in [0.717, 1.165) is 18.5 Å². The smallest absolute Gasteiger partial charge is 0.251 e. The zero-order chi connectivity index (χ0) is 18.0. The summed E-state index contributed by atoms with van der Waals surface area (Å²) >= 11 is 0. The fraction of sp³-hybridized carbons (Fsp3) is 0.579. The Bertz CT molecular complexity index is 547. The maximum Gasteiger partial charge on any atom is 0.251 e. The van der Waals surface area contributed by atoms with Crippen LogP contribution in [0, 0.1) is 0 Å². The lowest BCUT2D eigenvalue weighted by Crippen LogP contribution is -2.40. The number of nitrogens with zero attached hydrogens (tertiary/aromatic N) is 1. The van der Waals surface area contributed by atoms with Crippen molar-refractivity contribution >= 4 is 11.9 Å². The predicted octanol–water partition coefficient (Wildman–Crippen LogP) is 3.20. The summed E-state index contributed by atoms with van der Waals surface area (Å²) in [6.07, 6.45) is 4.79. The molecule has 1 rings (SSSR count). The second kappa shape index (κ2) is 9.96. The van der Waals surface area contributed by atoms with Crippen LogP contribution in [0.3, 0.4) is 0 Å². The average molecular weight is 332 g/mol. The highest BCUT2D eigenvalue weighted by Gasteiger charge is 2.15. The van der Waals surface area contributed by atoms with Gasteiger partial charge in [0.2, 0.25) is 0 Å². The van der Waals surface area contributed by atoms with Gasteiger partial charge >= 0.3 is 0 Å². The molecule has 0 spiro atoms. The first kappa shape index (κ1) is 20.0. The van der Waals surface area contributed by atoms with Crippen LogP contribution < -0.4 is 16.4 Å². The summed E-state index contributed by atoms with van der Waals surface area (Å²) in [6, 6.07) is 7.49. The number of aliphatic imine (C=N–C) groups is 1. The maximum absolute atomic E-state index is 12.2. The van der Waals surface area contributed by atoms with Gasteiger partial charge in [-0.05, 0) is 44.9 Å². The van der Waals surface area contributed by atoms with Gasteiger partial charge in [0.15, 0.2) is 5.96 Å². The highest BCUT2D eigenvalue weighted by molar-refractivity contribution is 5.94. The third kappa shape index (κ3) is 8.56. The molecule has 0 atom stereocenters. The highest BCUT2D eigenvalue weighted by Crippen LogP contribution is 2.09. The Balaban J connectivity index is 2.52. The molecular weight excluding hydrogens is 300 g/mol. The number of nitrogens with one attached hydrogen (secondary N) is 2. The summed E-state index contributed by atoms with van der Waals surface area (Å²) in [5.74, 6) is 0.381. The van der Waals surface area contributed by atoms with Gasteiger partial charge in [-0.25, -0.2) is 4.99 Å². The summed E-state index contributed by atoms with van der Waals surface area (Å²) in [4.78, 5) is 16.5. The van der Waals surface area contributed by atoms with Gasteiger partial charge < -0.3 is 16.4 Å². The van der Waals surface area contributed by atoms with E-state index in [-0.39, 0.29) is 11.4 Å². The molecule has 1 amide bonds. The molecule has 0 bridgehead atoms. The van der Waals surface area contributed by atoms with E-state index in [9.17, 15) is 4.79 Å². The number of unbranched alkanes of at least 4 members (excludes halogenated alkanes) is 3. The van der Waals surface area contributed by atoms with Crippen molar-refractivity contribution in [2.75, 3.05) is 6.54 Å². The lowest BCUT2D eigenvalue weighted by atomic mass is 10.1. The molecule has 0 radical (unpaired) electrons. The topological polar surface area (TPSA) is 79.5 Å². The van der Waals surface area contributed by atoms with Crippen LogP contribution in [0.4, 0.5) is 0 Å². The molecule has 24 heavy (non-hydrogen) atoms. The van der Waals surface area contributed by atoms with Crippen molar-refractivity contribution < 1.29 is 4.79 Å². The number of rotatable bonds is 8. The van der Waals surface area contributed by atoms with Gasteiger partial charge in [0.05, 0.1) is 6.54 Å². The minimum Gasteiger partial charge on any atom is -0.370 e. The Morgan fingerprint density at radius 3 is 2.62 bits per heavy atom.